The van der Waals surface area contributed by atoms with Gasteiger partial charge in [-0.05, 0) is 66.8 Å². The van der Waals surface area contributed by atoms with Crippen LogP contribution < -0.4 is 0 Å². The minimum atomic E-state index is 0.669. The van der Waals surface area contributed by atoms with Crippen molar-refractivity contribution < 1.29 is 0 Å². The lowest BCUT2D eigenvalue weighted by molar-refractivity contribution is 0.908. The summed E-state index contributed by atoms with van der Waals surface area (Å²) in [6.07, 6.45) is 3.16. The Bertz CT molecular complexity index is 2960. The summed E-state index contributed by atoms with van der Waals surface area (Å²) in [5.41, 5.74) is 12.8. The van der Waals surface area contributed by atoms with Crippen LogP contribution in [0.5, 0.6) is 0 Å². The average molecular weight is 680 g/mol. The van der Waals surface area contributed by atoms with E-state index < -0.39 is 0 Å². The van der Waals surface area contributed by atoms with Gasteiger partial charge in [-0.25, -0.2) is 15.0 Å². The highest BCUT2D eigenvalue weighted by atomic mass is 15.1. The second-order valence-electron chi connectivity index (χ2n) is 13.9. The van der Waals surface area contributed by atoms with Crippen molar-refractivity contribution in [2.45, 2.75) is 19.3 Å². The SMILES string of the molecule is c1ccc(-c2nc(-c3ccccc3)nc(-c3cc4c(c(-n5c6ccccc6c6ccc7c8ccccc8n(-c8ccccc8)c7c65)c3)CCC4)n2)cc1. The van der Waals surface area contributed by atoms with Gasteiger partial charge in [-0.3, -0.25) is 0 Å². The van der Waals surface area contributed by atoms with Gasteiger partial charge in [-0.15, -0.1) is 0 Å². The molecule has 0 unspecified atom stereocenters. The molecule has 0 bridgehead atoms. The first kappa shape index (κ1) is 29.8. The first-order valence-electron chi connectivity index (χ1n) is 18.3. The molecule has 1 aliphatic rings. The molecule has 0 radical (unpaired) electrons. The molecule has 3 heterocycles. The van der Waals surface area contributed by atoms with Crippen LogP contribution in [0, 0.1) is 0 Å². The lowest BCUT2D eigenvalue weighted by Crippen LogP contribution is -2.04. The number of aromatic nitrogens is 5. The molecular formula is C48H33N5. The maximum atomic E-state index is 5.17. The summed E-state index contributed by atoms with van der Waals surface area (Å²) in [5, 5.41) is 4.97. The fraction of sp³-hybridized carbons (Fsp3) is 0.0625. The number of benzene rings is 7. The molecule has 10 aromatic rings. The van der Waals surface area contributed by atoms with E-state index in [1.807, 2.05) is 36.4 Å². The number of nitrogens with zero attached hydrogens (tertiary/aromatic N) is 5. The summed E-state index contributed by atoms with van der Waals surface area (Å²) in [4.78, 5) is 15.3. The van der Waals surface area contributed by atoms with Gasteiger partial charge in [-0.1, -0.05) is 127 Å². The molecule has 0 atom stereocenters. The van der Waals surface area contributed by atoms with Crippen molar-refractivity contribution in [1.82, 2.24) is 24.1 Å². The second kappa shape index (κ2) is 11.9. The monoisotopic (exact) mass is 679 g/mol. The standard InChI is InChI=1S/C48H33N5/c1-4-15-31(16-5-1)46-49-47(32-17-6-2-7-18-32)51-48(50-46)34-29-33-19-14-24-36(33)43(30-34)53-42-26-13-11-23-38(42)40-28-27-39-37-22-10-12-25-41(37)52(44(39)45(40)53)35-20-8-3-9-21-35/h1-13,15-18,20-23,25-30H,14,19,24H2. The minimum absolute atomic E-state index is 0.669. The van der Waals surface area contributed by atoms with Crippen molar-refractivity contribution in [3.05, 3.63) is 175 Å². The van der Waals surface area contributed by atoms with Crippen molar-refractivity contribution in [3.63, 3.8) is 0 Å². The number of para-hydroxylation sites is 3. The maximum absolute atomic E-state index is 5.17. The second-order valence-corrected chi connectivity index (χ2v) is 13.9. The third-order valence-electron chi connectivity index (χ3n) is 10.9. The number of rotatable bonds is 5. The van der Waals surface area contributed by atoms with Gasteiger partial charge >= 0.3 is 0 Å². The Morgan fingerprint density at radius 2 is 0.887 bits per heavy atom. The minimum Gasteiger partial charge on any atom is -0.307 e. The zero-order chi connectivity index (χ0) is 34.9. The summed E-state index contributed by atoms with van der Waals surface area (Å²) < 4.78 is 4.99. The zero-order valence-electron chi connectivity index (χ0n) is 28.9. The fourth-order valence-electron chi connectivity index (χ4n) is 8.55. The van der Waals surface area contributed by atoms with E-state index in [0.717, 1.165) is 41.6 Å². The molecule has 5 nitrogen and oxygen atoms in total. The maximum Gasteiger partial charge on any atom is 0.164 e. The van der Waals surface area contributed by atoms with Crippen molar-refractivity contribution in [2.75, 3.05) is 0 Å². The summed E-state index contributed by atoms with van der Waals surface area (Å²) in [6.45, 7) is 0. The van der Waals surface area contributed by atoms with Crippen molar-refractivity contribution in [3.8, 4) is 45.5 Å². The molecule has 53 heavy (non-hydrogen) atoms. The molecule has 3 aromatic heterocycles. The zero-order valence-corrected chi connectivity index (χ0v) is 28.9. The number of aryl methyl sites for hydroxylation is 1. The van der Waals surface area contributed by atoms with E-state index in [9.17, 15) is 0 Å². The topological polar surface area (TPSA) is 48.5 Å². The Morgan fingerprint density at radius 1 is 0.396 bits per heavy atom. The van der Waals surface area contributed by atoms with Crippen LogP contribution in [0.3, 0.4) is 0 Å². The van der Waals surface area contributed by atoms with Gasteiger partial charge in [0, 0.05) is 43.9 Å². The van der Waals surface area contributed by atoms with Gasteiger partial charge in [-0.2, -0.15) is 0 Å². The Kier molecular flexibility index (Phi) is 6.68. The first-order valence-corrected chi connectivity index (χ1v) is 18.3. The van der Waals surface area contributed by atoms with Crippen LogP contribution >= 0.6 is 0 Å². The predicted octanol–water partition coefficient (Wildman–Crippen LogP) is 11.6. The molecule has 0 saturated carbocycles. The largest absolute Gasteiger partial charge is 0.307 e. The lowest BCUT2D eigenvalue weighted by Gasteiger charge is -2.17. The van der Waals surface area contributed by atoms with Crippen LogP contribution in [0.2, 0.25) is 0 Å². The molecule has 0 aliphatic heterocycles. The molecule has 0 spiro atoms. The van der Waals surface area contributed by atoms with E-state index in [2.05, 4.69) is 137 Å². The van der Waals surface area contributed by atoms with Crippen LogP contribution in [-0.2, 0) is 12.8 Å². The van der Waals surface area contributed by atoms with Gasteiger partial charge in [0.2, 0.25) is 0 Å². The first-order chi connectivity index (χ1) is 26.3. The van der Waals surface area contributed by atoms with Crippen LogP contribution in [0.1, 0.15) is 17.5 Å². The van der Waals surface area contributed by atoms with E-state index in [4.69, 9.17) is 15.0 Å². The normalized spacial score (nSPS) is 12.7. The van der Waals surface area contributed by atoms with E-state index in [0.29, 0.717) is 17.5 Å². The Labute approximate surface area is 306 Å². The number of hydrogen-bond acceptors (Lipinski definition) is 3. The molecule has 1 aliphatic carbocycles. The average Bonchev–Trinajstić information content (AvgIpc) is 3.94. The molecule has 0 saturated heterocycles. The Hall–Kier alpha value is -6.85. The smallest absolute Gasteiger partial charge is 0.164 e. The molecule has 7 aromatic carbocycles. The molecule has 11 rings (SSSR count). The van der Waals surface area contributed by atoms with Crippen LogP contribution in [0.25, 0.3) is 89.2 Å². The predicted molar refractivity (Wildman–Crippen MR) is 217 cm³/mol. The van der Waals surface area contributed by atoms with Crippen LogP contribution in [0.15, 0.2) is 164 Å². The summed E-state index contributed by atoms with van der Waals surface area (Å²) in [7, 11) is 0. The lowest BCUT2D eigenvalue weighted by atomic mass is 10.0. The highest BCUT2D eigenvalue weighted by molar-refractivity contribution is 6.23. The van der Waals surface area contributed by atoms with Gasteiger partial charge in [0.25, 0.3) is 0 Å². The van der Waals surface area contributed by atoms with Crippen molar-refractivity contribution in [1.29, 1.82) is 0 Å². The molecule has 0 fully saturated rings. The summed E-state index contributed by atoms with van der Waals surface area (Å²) >= 11 is 0. The summed E-state index contributed by atoms with van der Waals surface area (Å²) in [5.74, 6) is 2.02. The quantitative estimate of drug-likeness (QED) is 0.182. The highest BCUT2D eigenvalue weighted by Crippen LogP contribution is 2.44. The highest BCUT2D eigenvalue weighted by Gasteiger charge is 2.25. The van der Waals surface area contributed by atoms with Crippen LogP contribution in [0.4, 0.5) is 0 Å². The Morgan fingerprint density at radius 3 is 1.49 bits per heavy atom. The molecule has 0 amide bonds. The number of hydrogen-bond donors (Lipinski definition) is 0. The molecule has 0 N–H and O–H groups in total. The fourth-order valence-corrected chi connectivity index (χ4v) is 8.55. The van der Waals surface area contributed by atoms with Gasteiger partial charge in [0.15, 0.2) is 17.5 Å². The Balaban J connectivity index is 1.25. The van der Waals surface area contributed by atoms with E-state index in [1.54, 1.807) is 0 Å². The van der Waals surface area contributed by atoms with Gasteiger partial charge in [0.05, 0.1) is 27.8 Å². The van der Waals surface area contributed by atoms with Crippen molar-refractivity contribution >= 4 is 43.6 Å². The molecule has 250 valence electrons. The van der Waals surface area contributed by atoms with Gasteiger partial charge in [0.1, 0.15) is 0 Å². The molecule has 5 heteroatoms. The van der Waals surface area contributed by atoms with Crippen molar-refractivity contribution in [2.24, 2.45) is 0 Å². The van der Waals surface area contributed by atoms with E-state index in [1.165, 1.54) is 60.4 Å². The molecular weight excluding hydrogens is 647 g/mol. The van der Waals surface area contributed by atoms with Gasteiger partial charge < -0.3 is 9.13 Å². The summed E-state index contributed by atoms with van der Waals surface area (Å²) in [6, 6.07) is 58.2. The number of fused-ring (bicyclic) bond motifs is 8. The third-order valence-corrected chi connectivity index (χ3v) is 10.9. The van der Waals surface area contributed by atoms with Crippen LogP contribution in [-0.4, -0.2) is 24.1 Å². The third kappa shape index (κ3) is 4.67. The van der Waals surface area contributed by atoms with E-state index in [-0.39, 0.29) is 0 Å². The van der Waals surface area contributed by atoms with E-state index >= 15 is 0 Å².